The van der Waals surface area contributed by atoms with Crippen LogP contribution in [0.25, 0.3) is 0 Å². The van der Waals surface area contributed by atoms with E-state index in [0.717, 1.165) is 5.56 Å². The number of hydrogen-bond donors (Lipinski definition) is 1. The summed E-state index contributed by atoms with van der Waals surface area (Å²) in [5, 5.41) is 3.21. The summed E-state index contributed by atoms with van der Waals surface area (Å²) in [7, 11) is 1.59. The number of ether oxygens (including phenoxy) is 3. The predicted molar refractivity (Wildman–Crippen MR) is 87.8 cm³/mol. The summed E-state index contributed by atoms with van der Waals surface area (Å²) in [6.07, 6.45) is 0.224. The fraction of sp³-hybridized carbons (Fsp3) is 0.235. The molecule has 0 aliphatic carbocycles. The Morgan fingerprint density at radius 2 is 1.96 bits per heavy atom. The molecule has 0 atom stereocenters. The van der Waals surface area contributed by atoms with E-state index in [4.69, 9.17) is 25.8 Å². The van der Waals surface area contributed by atoms with Crippen molar-refractivity contribution in [3.63, 3.8) is 0 Å². The molecular weight excluding hydrogens is 318 g/mol. The van der Waals surface area contributed by atoms with Crippen LogP contribution in [0, 0.1) is 0 Å². The lowest BCUT2D eigenvalue weighted by atomic mass is 10.1. The van der Waals surface area contributed by atoms with Crippen LogP contribution in [0.3, 0.4) is 0 Å². The molecule has 1 aliphatic heterocycles. The molecule has 2 aromatic carbocycles. The van der Waals surface area contributed by atoms with Crippen molar-refractivity contribution in [1.82, 2.24) is 0 Å². The Kier molecular flexibility index (Phi) is 4.57. The molecule has 1 aliphatic rings. The molecule has 0 fully saturated rings. The number of hydrogen-bond acceptors (Lipinski definition) is 4. The van der Waals surface area contributed by atoms with Crippen molar-refractivity contribution in [2.24, 2.45) is 0 Å². The van der Waals surface area contributed by atoms with Crippen LogP contribution < -0.4 is 19.5 Å². The Hall–Kier alpha value is -2.40. The maximum Gasteiger partial charge on any atom is 0.228 e. The largest absolute Gasteiger partial charge is 0.497 e. The van der Waals surface area contributed by atoms with E-state index in [9.17, 15) is 4.79 Å². The molecule has 23 heavy (non-hydrogen) atoms. The van der Waals surface area contributed by atoms with Gasteiger partial charge in [-0.15, -0.1) is 0 Å². The number of halogens is 1. The Morgan fingerprint density at radius 1 is 1.22 bits per heavy atom. The highest BCUT2D eigenvalue weighted by atomic mass is 35.5. The van der Waals surface area contributed by atoms with Gasteiger partial charge in [0.05, 0.1) is 24.2 Å². The molecule has 0 saturated heterocycles. The molecule has 0 unspecified atom stereocenters. The second-order valence-corrected chi connectivity index (χ2v) is 5.46. The van der Waals surface area contributed by atoms with Gasteiger partial charge in [0.25, 0.3) is 0 Å². The fourth-order valence-electron chi connectivity index (χ4n) is 2.32. The zero-order valence-electron chi connectivity index (χ0n) is 12.6. The van der Waals surface area contributed by atoms with E-state index >= 15 is 0 Å². The molecule has 5 nitrogen and oxygen atoms in total. The number of rotatable bonds is 4. The summed E-state index contributed by atoms with van der Waals surface area (Å²) in [5.41, 5.74) is 1.36. The van der Waals surface area contributed by atoms with Crippen LogP contribution in [-0.2, 0) is 11.2 Å². The summed E-state index contributed by atoms with van der Waals surface area (Å²) in [5.74, 6) is 1.72. The van der Waals surface area contributed by atoms with E-state index in [1.165, 1.54) is 0 Å². The zero-order chi connectivity index (χ0) is 16.2. The number of carbonyl (C=O) groups excluding carboxylic acids is 1. The first kappa shape index (κ1) is 15.5. The summed E-state index contributed by atoms with van der Waals surface area (Å²) in [6.45, 7) is 0.969. The standard InChI is InChI=1S/C17H16ClNO4/c1-21-12-4-2-3-11(7-12)8-17(20)19-14-10-16-15(9-13(14)18)22-5-6-23-16/h2-4,7,9-10H,5-6,8H2,1H3,(H,19,20). The van der Waals surface area contributed by atoms with Crippen LogP contribution in [0.5, 0.6) is 17.2 Å². The average molecular weight is 334 g/mol. The van der Waals surface area contributed by atoms with Gasteiger partial charge in [-0.1, -0.05) is 23.7 Å². The average Bonchev–Trinajstić information content (AvgIpc) is 2.55. The number of carbonyl (C=O) groups is 1. The monoisotopic (exact) mass is 333 g/mol. The van der Waals surface area contributed by atoms with Crippen molar-refractivity contribution >= 4 is 23.2 Å². The van der Waals surface area contributed by atoms with E-state index in [0.29, 0.717) is 41.2 Å². The third-order valence-corrected chi connectivity index (χ3v) is 3.72. The van der Waals surface area contributed by atoms with Crippen molar-refractivity contribution in [3.05, 3.63) is 47.0 Å². The highest BCUT2D eigenvalue weighted by molar-refractivity contribution is 6.34. The molecule has 1 N–H and O–H groups in total. The summed E-state index contributed by atoms with van der Waals surface area (Å²) in [4.78, 5) is 12.2. The van der Waals surface area contributed by atoms with Gasteiger partial charge in [-0.05, 0) is 17.7 Å². The van der Waals surface area contributed by atoms with Crippen molar-refractivity contribution < 1.29 is 19.0 Å². The predicted octanol–water partition coefficient (Wildman–Crippen LogP) is 3.30. The lowest BCUT2D eigenvalue weighted by Crippen LogP contribution is -2.17. The summed E-state index contributed by atoms with van der Waals surface area (Å²) in [6, 6.07) is 10.7. The lowest BCUT2D eigenvalue weighted by Gasteiger charge is -2.20. The molecule has 2 aromatic rings. The highest BCUT2D eigenvalue weighted by Crippen LogP contribution is 2.37. The number of amides is 1. The van der Waals surface area contributed by atoms with Crippen molar-refractivity contribution in [3.8, 4) is 17.2 Å². The molecular formula is C17H16ClNO4. The van der Waals surface area contributed by atoms with Gasteiger partial charge in [0.1, 0.15) is 19.0 Å². The quantitative estimate of drug-likeness (QED) is 0.932. The van der Waals surface area contributed by atoms with Gasteiger partial charge in [-0.25, -0.2) is 0 Å². The first-order chi connectivity index (χ1) is 11.2. The third-order valence-electron chi connectivity index (χ3n) is 3.40. The third kappa shape index (κ3) is 3.68. The Bertz CT molecular complexity index is 733. The minimum atomic E-state index is -0.170. The first-order valence-corrected chi connectivity index (χ1v) is 7.55. The summed E-state index contributed by atoms with van der Waals surface area (Å²) < 4.78 is 16.1. The molecule has 120 valence electrons. The van der Waals surface area contributed by atoms with Crippen molar-refractivity contribution in [1.29, 1.82) is 0 Å². The topological polar surface area (TPSA) is 56.8 Å². The van der Waals surface area contributed by atoms with Crippen molar-refractivity contribution in [2.75, 3.05) is 25.6 Å². The molecule has 6 heteroatoms. The van der Waals surface area contributed by atoms with Gasteiger partial charge in [-0.3, -0.25) is 4.79 Å². The minimum absolute atomic E-state index is 0.170. The minimum Gasteiger partial charge on any atom is -0.497 e. The van der Waals surface area contributed by atoms with E-state index in [2.05, 4.69) is 5.32 Å². The van der Waals surface area contributed by atoms with Crippen molar-refractivity contribution in [2.45, 2.75) is 6.42 Å². The van der Waals surface area contributed by atoms with Crippen LogP contribution in [0.1, 0.15) is 5.56 Å². The first-order valence-electron chi connectivity index (χ1n) is 7.17. The molecule has 0 spiro atoms. The number of nitrogens with one attached hydrogen (secondary N) is 1. The van der Waals surface area contributed by atoms with Gasteiger partial charge in [0.2, 0.25) is 5.91 Å². The molecule has 0 aromatic heterocycles. The molecule has 0 radical (unpaired) electrons. The van der Waals surface area contributed by atoms with Crippen LogP contribution >= 0.6 is 11.6 Å². The highest BCUT2D eigenvalue weighted by Gasteiger charge is 2.16. The molecule has 0 saturated carbocycles. The lowest BCUT2D eigenvalue weighted by molar-refractivity contribution is -0.115. The van der Waals surface area contributed by atoms with Crippen LogP contribution in [-0.4, -0.2) is 26.2 Å². The molecule has 3 rings (SSSR count). The van der Waals surface area contributed by atoms with E-state index < -0.39 is 0 Å². The normalized spacial score (nSPS) is 12.6. The van der Waals surface area contributed by atoms with Gasteiger partial charge in [-0.2, -0.15) is 0 Å². The van der Waals surface area contributed by atoms with E-state index in [1.807, 2.05) is 24.3 Å². The van der Waals surface area contributed by atoms with E-state index in [-0.39, 0.29) is 12.3 Å². The van der Waals surface area contributed by atoms with E-state index in [1.54, 1.807) is 19.2 Å². The number of anilines is 1. The second kappa shape index (κ2) is 6.79. The van der Waals surface area contributed by atoms with Gasteiger partial charge >= 0.3 is 0 Å². The molecule has 1 heterocycles. The number of methoxy groups -OCH3 is 1. The molecule has 0 bridgehead atoms. The summed E-state index contributed by atoms with van der Waals surface area (Å²) >= 11 is 6.19. The van der Waals surface area contributed by atoms with Gasteiger partial charge < -0.3 is 19.5 Å². The Labute approximate surface area is 139 Å². The van der Waals surface area contributed by atoms with Crippen LogP contribution in [0.4, 0.5) is 5.69 Å². The zero-order valence-corrected chi connectivity index (χ0v) is 13.4. The van der Waals surface area contributed by atoms with Gasteiger partial charge in [0, 0.05) is 12.1 Å². The van der Waals surface area contributed by atoms with Crippen LogP contribution in [0.2, 0.25) is 5.02 Å². The SMILES string of the molecule is COc1cccc(CC(=O)Nc2cc3c(cc2Cl)OCCO3)c1. The Balaban J connectivity index is 1.72. The Morgan fingerprint density at radius 3 is 2.70 bits per heavy atom. The second-order valence-electron chi connectivity index (χ2n) is 5.05. The fourth-order valence-corrected chi connectivity index (χ4v) is 2.52. The smallest absolute Gasteiger partial charge is 0.228 e. The maximum atomic E-state index is 12.2. The van der Waals surface area contributed by atoms with Gasteiger partial charge in [0.15, 0.2) is 11.5 Å². The number of benzene rings is 2. The maximum absolute atomic E-state index is 12.2. The molecule has 1 amide bonds. The number of fused-ring (bicyclic) bond motifs is 1. The van der Waals surface area contributed by atoms with Crippen LogP contribution in [0.15, 0.2) is 36.4 Å².